The fourth-order valence-corrected chi connectivity index (χ4v) is 3.09. The van der Waals surface area contributed by atoms with Crippen molar-refractivity contribution in [3.8, 4) is 0 Å². The largest absolute Gasteiger partial charge is 0.462 e. The Morgan fingerprint density at radius 1 is 1.38 bits per heavy atom. The van der Waals surface area contributed by atoms with Crippen LogP contribution in [0.15, 0.2) is 16.5 Å². The van der Waals surface area contributed by atoms with Crippen LogP contribution in [0.25, 0.3) is 10.2 Å². The third-order valence-corrected chi connectivity index (χ3v) is 4.52. The van der Waals surface area contributed by atoms with Gasteiger partial charge < -0.3 is 9.64 Å². The van der Waals surface area contributed by atoms with Gasteiger partial charge in [0.25, 0.3) is 5.56 Å². The van der Waals surface area contributed by atoms with E-state index < -0.39 is 11.5 Å². The van der Waals surface area contributed by atoms with Gasteiger partial charge in [0.2, 0.25) is 5.91 Å². The molecule has 0 spiro atoms. The van der Waals surface area contributed by atoms with E-state index in [2.05, 4.69) is 4.98 Å². The summed E-state index contributed by atoms with van der Waals surface area (Å²) in [5.74, 6) is -0.716. The minimum atomic E-state index is -0.549. The first-order valence-electron chi connectivity index (χ1n) is 7.87. The molecule has 0 bridgehead atoms. The maximum atomic E-state index is 12.6. The first-order valence-corrected chi connectivity index (χ1v) is 8.75. The van der Waals surface area contributed by atoms with E-state index in [1.165, 1.54) is 22.2 Å². The second-order valence-corrected chi connectivity index (χ2v) is 6.25. The fraction of sp³-hybridized carbons (Fsp3) is 0.500. The summed E-state index contributed by atoms with van der Waals surface area (Å²) in [6.07, 6.45) is 3.25. The van der Waals surface area contributed by atoms with Crippen molar-refractivity contribution < 1.29 is 14.3 Å². The number of hydrogen-bond acceptors (Lipinski definition) is 6. The van der Waals surface area contributed by atoms with Crippen LogP contribution in [0.4, 0.5) is 0 Å². The summed E-state index contributed by atoms with van der Waals surface area (Å²) in [5, 5.41) is 1.78. The highest BCUT2D eigenvalue weighted by molar-refractivity contribution is 7.17. The Morgan fingerprint density at radius 2 is 2.12 bits per heavy atom. The van der Waals surface area contributed by atoms with E-state index in [1.807, 2.05) is 6.92 Å². The van der Waals surface area contributed by atoms with Crippen molar-refractivity contribution in [3.05, 3.63) is 27.6 Å². The lowest BCUT2D eigenvalue weighted by molar-refractivity contribution is -0.130. The Bertz CT molecular complexity index is 796. The molecule has 0 aliphatic rings. The number of esters is 1. The van der Waals surface area contributed by atoms with Crippen LogP contribution in [0.1, 0.15) is 37.0 Å². The van der Waals surface area contributed by atoms with Gasteiger partial charge in [-0.05, 0) is 13.3 Å². The molecule has 0 fully saturated rings. The zero-order valence-corrected chi connectivity index (χ0v) is 14.9. The molecule has 0 saturated carbocycles. The van der Waals surface area contributed by atoms with Gasteiger partial charge in [0, 0.05) is 19.0 Å². The summed E-state index contributed by atoms with van der Waals surface area (Å²) in [5.41, 5.74) is -0.197. The lowest BCUT2D eigenvalue weighted by Crippen LogP contribution is -2.34. The minimum absolute atomic E-state index is 0.0971. The zero-order chi connectivity index (χ0) is 17.7. The second kappa shape index (κ2) is 8.05. The van der Waals surface area contributed by atoms with Crippen molar-refractivity contribution in [1.29, 1.82) is 0 Å². The number of carbonyl (C=O) groups excluding carboxylic acids is 2. The summed E-state index contributed by atoms with van der Waals surface area (Å²) >= 11 is 1.21. The van der Waals surface area contributed by atoms with E-state index in [-0.39, 0.29) is 30.0 Å². The number of likely N-dealkylation sites (N-methyl/N-ethyl adjacent to an activating group) is 1. The molecular weight excluding hydrogens is 330 g/mol. The molecule has 8 heteroatoms. The van der Waals surface area contributed by atoms with Gasteiger partial charge in [0.05, 0.1) is 23.9 Å². The molecule has 130 valence electrons. The number of amides is 1. The second-order valence-electron chi connectivity index (χ2n) is 5.40. The van der Waals surface area contributed by atoms with Crippen LogP contribution in [0.2, 0.25) is 0 Å². The molecule has 0 N–H and O–H groups in total. The number of fused-ring (bicyclic) bond motifs is 1. The highest BCUT2D eigenvalue weighted by atomic mass is 32.1. The molecule has 2 aromatic heterocycles. The molecule has 0 aromatic carbocycles. The summed E-state index contributed by atoms with van der Waals surface area (Å²) in [7, 11) is 1.71. The van der Waals surface area contributed by atoms with Crippen molar-refractivity contribution in [2.24, 2.45) is 0 Å². The average Bonchev–Trinajstić information content (AvgIpc) is 3.00. The van der Waals surface area contributed by atoms with E-state index >= 15 is 0 Å². The molecule has 24 heavy (non-hydrogen) atoms. The number of unbranched alkanes of at least 4 members (excludes halogenated alkanes) is 1. The van der Waals surface area contributed by atoms with E-state index in [1.54, 1.807) is 24.3 Å². The van der Waals surface area contributed by atoms with E-state index in [0.717, 1.165) is 12.8 Å². The monoisotopic (exact) mass is 351 g/mol. The third-order valence-electron chi connectivity index (χ3n) is 3.63. The molecule has 2 aromatic rings. The highest BCUT2D eigenvalue weighted by Crippen LogP contribution is 2.21. The predicted octanol–water partition coefficient (Wildman–Crippen LogP) is 1.89. The Balaban J connectivity index is 2.31. The smallest absolute Gasteiger partial charge is 0.339 e. The quantitative estimate of drug-likeness (QED) is 0.712. The first-order chi connectivity index (χ1) is 11.5. The molecule has 0 aliphatic heterocycles. The summed E-state index contributed by atoms with van der Waals surface area (Å²) in [6, 6.07) is 0. The van der Waals surface area contributed by atoms with Gasteiger partial charge in [-0.25, -0.2) is 9.78 Å². The molecule has 0 unspecified atom stereocenters. The van der Waals surface area contributed by atoms with Gasteiger partial charge in [-0.15, -0.1) is 11.3 Å². The van der Waals surface area contributed by atoms with Gasteiger partial charge in [-0.2, -0.15) is 0 Å². The standard InChI is InChI=1S/C16H21N3O4S/c1-4-6-7-18(3)12(20)8-19-10-17-14-13(15(19)21)11(9-24-14)16(22)23-5-2/h9-10H,4-8H2,1-3H3. The van der Waals surface area contributed by atoms with Crippen LogP contribution in [-0.2, 0) is 16.1 Å². The molecule has 2 rings (SSSR count). The molecular formula is C16H21N3O4S. The van der Waals surface area contributed by atoms with Crippen molar-refractivity contribution in [2.75, 3.05) is 20.2 Å². The van der Waals surface area contributed by atoms with Crippen LogP contribution in [0.3, 0.4) is 0 Å². The SMILES string of the molecule is CCCCN(C)C(=O)Cn1cnc2scc(C(=O)OCC)c2c1=O. The molecule has 1 amide bonds. The van der Waals surface area contributed by atoms with Gasteiger partial charge in [-0.3, -0.25) is 14.2 Å². The van der Waals surface area contributed by atoms with Crippen molar-refractivity contribution >= 4 is 33.4 Å². The molecule has 0 radical (unpaired) electrons. The van der Waals surface area contributed by atoms with Crippen molar-refractivity contribution in [2.45, 2.75) is 33.2 Å². The highest BCUT2D eigenvalue weighted by Gasteiger charge is 2.19. The van der Waals surface area contributed by atoms with E-state index in [0.29, 0.717) is 11.4 Å². The van der Waals surface area contributed by atoms with Gasteiger partial charge in [0.15, 0.2) is 0 Å². The molecule has 7 nitrogen and oxygen atoms in total. The Hall–Kier alpha value is -2.22. The van der Waals surface area contributed by atoms with E-state index in [9.17, 15) is 14.4 Å². The summed E-state index contributed by atoms with van der Waals surface area (Å²) in [6.45, 7) is 4.53. The first kappa shape index (κ1) is 18.1. The topological polar surface area (TPSA) is 81.5 Å². The number of rotatable bonds is 7. The minimum Gasteiger partial charge on any atom is -0.462 e. The number of ether oxygens (including phenoxy) is 1. The number of aromatic nitrogens is 2. The number of carbonyl (C=O) groups is 2. The lowest BCUT2D eigenvalue weighted by Gasteiger charge is -2.17. The number of nitrogens with zero attached hydrogens (tertiary/aromatic N) is 3. The fourth-order valence-electron chi connectivity index (χ4n) is 2.23. The normalized spacial score (nSPS) is 10.8. The molecule has 0 saturated heterocycles. The van der Waals surface area contributed by atoms with Crippen LogP contribution in [-0.4, -0.2) is 46.5 Å². The third kappa shape index (κ3) is 3.81. The number of thiophene rings is 1. The summed E-state index contributed by atoms with van der Waals surface area (Å²) < 4.78 is 6.21. The Kier molecular flexibility index (Phi) is 6.08. The molecule has 2 heterocycles. The lowest BCUT2D eigenvalue weighted by atomic mass is 10.2. The van der Waals surface area contributed by atoms with Gasteiger partial charge in [-0.1, -0.05) is 13.3 Å². The average molecular weight is 351 g/mol. The van der Waals surface area contributed by atoms with E-state index in [4.69, 9.17) is 4.74 Å². The Labute approximate surface area is 143 Å². The Morgan fingerprint density at radius 3 is 2.79 bits per heavy atom. The van der Waals surface area contributed by atoms with Crippen LogP contribution in [0.5, 0.6) is 0 Å². The molecule has 0 aliphatic carbocycles. The van der Waals surface area contributed by atoms with Crippen LogP contribution < -0.4 is 5.56 Å². The molecule has 0 atom stereocenters. The maximum absolute atomic E-state index is 12.6. The summed E-state index contributed by atoms with van der Waals surface area (Å²) in [4.78, 5) is 43.1. The maximum Gasteiger partial charge on any atom is 0.339 e. The van der Waals surface area contributed by atoms with Crippen molar-refractivity contribution in [3.63, 3.8) is 0 Å². The number of hydrogen-bond donors (Lipinski definition) is 0. The predicted molar refractivity (Wildman–Crippen MR) is 92.4 cm³/mol. The van der Waals surface area contributed by atoms with Crippen LogP contribution in [0, 0.1) is 0 Å². The van der Waals surface area contributed by atoms with Gasteiger partial charge in [0.1, 0.15) is 11.4 Å². The van der Waals surface area contributed by atoms with Crippen LogP contribution >= 0.6 is 11.3 Å². The van der Waals surface area contributed by atoms with Gasteiger partial charge >= 0.3 is 5.97 Å². The van der Waals surface area contributed by atoms with Crippen molar-refractivity contribution in [1.82, 2.24) is 14.5 Å². The zero-order valence-electron chi connectivity index (χ0n) is 14.1.